The maximum Gasteiger partial charge on any atom is 0.273 e. The SMILES string of the molecule is COc1ccc(-c2cc(=O)n3[nH]c(C)c(-c4ccc(F)cc4)c3n2)cc1. The molecule has 0 aliphatic rings. The van der Waals surface area contributed by atoms with Crippen LogP contribution in [-0.2, 0) is 0 Å². The van der Waals surface area contributed by atoms with Crippen LogP contribution in [0.25, 0.3) is 28.0 Å². The van der Waals surface area contributed by atoms with Crippen molar-refractivity contribution in [1.82, 2.24) is 14.6 Å². The van der Waals surface area contributed by atoms with E-state index < -0.39 is 0 Å². The minimum Gasteiger partial charge on any atom is -0.497 e. The molecule has 0 bridgehead atoms. The average molecular weight is 349 g/mol. The number of hydrogen-bond donors (Lipinski definition) is 1. The summed E-state index contributed by atoms with van der Waals surface area (Å²) in [7, 11) is 1.60. The first-order chi connectivity index (χ1) is 12.6. The summed E-state index contributed by atoms with van der Waals surface area (Å²) < 4.78 is 19.8. The van der Waals surface area contributed by atoms with Crippen LogP contribution in [0.15, 0.2) is 59.4 Å². The van der Waals surface area contributed by atoms with E-state index in [0.717, 1.165) is 28.1 Å². The largest absolute Gasteiger partial charge is 0.497 e. The van der Waals surface area contributed by atoms with Gasteiger partial charge >= 0.3 is 0 Å². The first-order valence-corrected chi connectivity index (χ1v) is 8.09. The van der Waals surface area contributed by atoms with Crippen LogP contribution in [0.4, 0.5) is 4.39 Å². The number of halogens is 1. The molecule has 5 nitrogen and oxygen atoms in total. The molecule has 2 heterocycles. The predicted octanol–water partition coefficient (Wildman–Crippen LogP) is 3.81. The molecule has 0 spiro atoms. The number of aromatic nitrogens is 3. The fourth-order valence-electron chi connectivity index (χ4n) is 3.02. The molecule has 130 valence electrons. The molecule has 6 heteroatoms. The zero-order chi connectivity index (χ0) is 18.3. The third-order valence-corrected chi connectivity index (χ3v) is 4.32. The molecule has 1 N–H and O–H groups in total. The third-order valence-electron chi connectivity index (χ3n) is 4.32. The molecule has 0 radical (unpaired) electrons. The summed E-state index contributed by atoms with van der Waals surface area (Å²) in [4.78, 5) is 17.2. The van der Waals surface area contributed by atoms with E-state index in [9.17, 15) is 9.18 Å². The van der Waals surface area contributed by atoms with E-state index in [1.807, 2.05) is 31.2 Å². The fourth-order valence-corrected chi connectivity index (χ4v) is 3.02. The van der Waals surface area contributed by atoms with Gasteiger partial charge in [0, 0.05) is 22.9 Å². The van der Waals surface area contributed by atoms with Crippen molar-refractivity contribution < 1.29 is 9.13 Å². The van der Waals surface area contributed by atoms with Gasteiger partial charge in [-0.05, 0) is 48.9 Å². The summed E-state index contributed by atoms with van der Waals surface area (Å²) in [6.07, 6.45) is 0. The van der Waals surface area contributed by atoms with E-state index in [4.69, 9.17) is 4.74 Å². The molecule has 0 amide bonds. The minimum atomic E-state index is -0.310. The number of aryl methyl sites for hydroxylation is 1. The maximum atomic E-state index is 13.3. The van der Waals surface area contributed by atoms with Gasteiger partial charge in [0.25, 0.3) is 5.56 Å². The van der Waals surface area contributed by atoms with Crippen molar-refractivity contribution >= 4 is 5.65 Å². The zero-order valence-electron chi connectivity index (χ0n) is 14.3. The number of H-pyrrole nitrogens is 1. The second-order valence-corrected chi connectivity index (χ2v) is 5.99. The van der Waals surface area contributed by atoms with E-state index in [-0.39, 0.29) is 11.4 Å². The Hall–Kier alpha value is -3.41. The van der Waals surface area contributed by atoms with Gasteiger partial charge in [0.1, 0.15) is 11.6 Å². The lowest BCUT2D eigenvalue weighted by Gasteiger charge is -2.05. The smallest absolute Gasteiger partial charge is 0.273 e. The summed E-state index contributed by atoms with van der Waals surface area (Å²) in [5.74, 6) is 0.423. The van der Waals surface area contributed by atoms with E-state index >= 15 is 0 Å². The number of aromatic amines is 1. The highest BCUT2D eigenvalue weighted by atomic mass is 19.1. The first-order valence-electron chi connectivity index (χ1n) is 8.09. The molecule has 2 aromatic heterocycles. The highest BCUT2D eigenvalue weighted by Crippen LogP contribution is 2.28. The Morgan fingerprint density at radius 2 is 1.69 bits per heavy atom. The minimum absolute atomic E-state index is 0.211. The third kappa shape index (κ3) is 2.65. The van der Waals surface area contributed by atoms with Crippen LogP contribution in [-0.4, -0.2) is 21.7 Å². The van der Waals surface area contributed by atoms with E-state index in [0.29, 0.717) is 11.3 Å². The molecule has 0 saturated heterocycles. The summed E-state index contributed by atoms with van der Waals surface area (Å²) in [5.41, 5.74) is 4.03. The van der Waals surface area contributed by atoms with Gasteiger partial charge in [-0.1, -0.05) is 12.1 Å². The maximum absolute atomic E-state index is 13.3. The number of rotatable bonds is 3. The molecular formula is C20H16FN3O2. The van der Waals surface area contributed by atoms with Crippen LogP contribution < -0.4 is 10.3 Å². The first kappa shape index (κ1) is 16.1. The molecule has 2 aromatic carbocycles. The Kier molecular flexibility index (Phi) is 3.80. The lowest BCUT2D eigenvalue weighted by molar-refractivity contribution is 0.415. The lowest BCUT2D eigenvalue weighted by Crippen LogP contribution is -2.14. The number of benzene rings is 2. The topological polar surface area (TPSA) is 59.4 Å². The van der Waals surface area contributed by atoms with E-state index in [2.05, 4.69) is 10.1 Å². The van der Waals surface area contributed by atoms with Gasteiger partial charge in [-0.2, -0.15) is 0 Å². The normalized spacial score (nSPS) is 11.0. The number of methoxy groups -OCH3 is 1. The Balaban J connectivity index is 1.93. The summed E-state index contributed by atoms with van der Waals surface area (Å²) in [6, 6.07) is 15.0. The number of nitrogens with zero attached hydrogens (tertiary/aromatic N) is 2. The van der Waals surface area contributed by atoms with Crippen molar-refractivity contribution in [3.05, 3.63) is 76.5 Å². The van der Waals surface area contributed by atoms with Crippen molar-refractivity contribution in [2.45, 2.75) is 6.92 Å². The Morgan fingerprint density at radius 3 is 2.35 bits per heavy atom. The van der Waals surface area contributed by atoms with Gasteiger partial charge in [0.2, 0.25) is 0 Å². The van der Waals surface area contributed by atoms with Gasteiger partial charge in [0.15, 0.2) is 5.65 Å². The van der Waals surface area contributed by atoms with Crippen LogP contribution >= 0.6 is 0 Å². The summed E-state index contributed by atoms with van der Waals surface area (Å²) in [6.45, 7) is 1.86. The Bertz CT molecular complexity index is 1140. The van der Waals surface area contributed by atoms with Crippen LogP contribution in [0.5, 0.6) is 5.75 Å². The molecule has 0 aliphatic carbocycles. The van der Waals surface area contributed by atoms with Crippen LogP contribution in [0, 0.1) is 12.7 Å². The lowest BCUT2D eigenvalue weighted by atomic mass is 10.1. The van der Waals surface area contributed by atoms with Gasteiger partial charge in [-0.25, -0.2) is 13.9 Å². The summed E-state index contributed by atoms with van der Waals surface area (Å²) >= 11 is 0. The van der Waals surface area contributed by atoms with Gasteiger partial charge < -0.3 is 4.74 Å². The second kappa shape index (κ2) is 6.15. The molecule has 0 unspecified atom stereocenters. The van der Waals surface area contributed by atoms with Crippen molar-refractivity contribution in [3.63, 3.8) is 0 Å². The molecule has 0 aliphatic heterocycles. The fraction of sp³-hybridized carbons (Fsp3) is 0.100. The Morgan fingerprint density at radius 1 is 1.04 bits per heavy atom. The van der Waals surface area contributed by atoms with Crippen LogP contribution in [0.3, 0.4) is 0 Å². The average Bonchev–Trinajstić information content (AvgIpc) is 2.99. The highest BCUT2D eigenvalue weighted by molar-refractivity contribution is 5.81. The van der Waals surface area contributed by atoms with Crippen molar-refractivity contribution in [2.75, 3.05) is 7.11 Å². The quantitative estimate of drug-likeness (QED) is 0.612. The number of nitrogens with one attached hydrogen (secondary N) is 1. The molecule has 4 rings (SSSR count). The second-order valence-electron chi connectivity index (χ2n) is 5.99. The van der Waals surface area contributed by atoms with Crippen LogP contribution in [0.1, 0.15) is 5.69 Å². The Labute approximate surface area is 148 Å². The van der Waals surface area contributed by atoms with Gasteiger partial charge in [0.05, 0.1) is 12.8 Å². The van der Waals surface area contributed by atoms with Crippen molar-refractivity contribution in [2.24, 2.45) is 0 Å². The standard InChI is InChI=1S/C20H16FN3O2/c1-12-19(14-3-7-15(21)8-4-14)20-22-17(11-18(25)24(20)23-12)13-5-9-16(26-2)10-6-13/h3-11,23H,1-2H3. The number of hydrogen-bond acceptors (Lipinski definition) is 3. The molecule has 0 fully saturated rings. The monoisotopic (exact) mass is 349 g/mol. The predicted molar refractivity (Wildman–Crippen MR) is 97.9 cm³/mol. The number of fused-ring (bicyclic) bond motifs is 1. The molecular weight excluding hydrogens is 333 g/mol. The van der Waals surface area contributed by atoms with Gasteiger partial charge in [-0.3, -0.25) is 9.89 Å². The molecule has 0 atom stereocenters. The van der Waals surface area contributed by atoms with E-state index in [1.54, 1.807) is 19.2 Å². The van der Waals surface area contributed by atoms with Crippen LogP contribution in [0.2, 0.25) is 0 Å². The van der Waals surface area contributed by atoms with Crippen molar-refractivity contribution in [1.29, 1.82) is 0 Å². The van der Waals surface area contributed by atoms with E-state index in [1.165, 1.54) is 22.7 Å². The summed E-state index contributed by atoms with van der Waals surface area (Å²) in [5, 5.41) is 3.03. The molecule has 26 heavy (non-hydrogen) atoms. The van der Waals surface area contributed by atoms with Gasteiger partial charge in [-0.15, -0.1) is 0 Å². The highest BCUT2D eigenvalue weighted by Gasteiger charge is 2.15. The molecule has 0 saturated carbocycles. The zero-order valence-corrected chi connectivity index (χ0v) is 14.3. The molecule has 4 aromatic rings. The van der Waals surface area contributed by atoms with Crippen molar-refractivity contribution in [3.8, 4) is 28.1 Å². The number of ether oxygens (including phenoxy) is 1.